The molecule has 0 saturated heterocycles. The molecule has 0 radical (unpaired) electrons. The lowest BCUT2D eigenvalue weighted by molar-refractivity contribution is 0.463. The monoisotopic (exact) mass is 932 g/mol. The summed E-state index contributed by atoms with van der Waals surface area (Å²) in [4.78, 5) is -0.558. The Balaban J connectivity index is 1.65. The molecule has 9 rings (SSSR count). The van der Waals surface area contributed by atoms with Gasteiger partial charge in [0.25, 0.3) is 0 Å². The standard InChI is InChI=1S/C62H64P4/c1-45-27-9-17-35-53(45)63(54-36-18-10-28-46(54)2)61(64(55-37-19-11-29-47(55)3)56-38-20-12-30-48(56)4)43-25-26-44-62(61,65(57-39-21-13-31-49(57)5)58-40-22-14-32-50(58)6)66(59-41-23-15-33-51(59)7)60-42-24-16-34-52(60)8/h9-24,27-42H,25-26,43-44H2,1-8H3. The molecule has 1 saturated carbocycles. The summed E-state index contributed by atoms with van der Waals surface area (Å²) in [5.41, 5.74) is 11.2. The third-order valence-corrected chi connectivity index (χ3v) is 30.6. The van der Waals surface area contributed by atoms with Gasteiger partial charge in [-0.3, -0.25) is 0 Å². The molecule has 0 amide bonds. The molecule has 0 nitrogen and oxygen atoms in total. The van der Waals surface area contributed by atoms with Gasteiger partial charge in [0, 0.05) is 9.79 Å². The molecule has 332 valence electrons. The van der Waals surface area contributed by atoms with Crippen LogP contribution in [-0.2, 0) is 0 Å². The smallest absolute Gasteiger partial charge is 0.0414 e. The zero-order valence-electron chi connectivity index (χ0n) is 40.1. The summed E-state index contributed by atoms with van der Waals surface area (Å²) in [5.74, 6) is 0. The van der Waals surface area contributed by atoms with E-state index < -0.39 is 31.7 Å². The maximum absolute atomic E-state index is 2.56. The second kappa shape index (κ2) is 20.0. The molecule has 0 aromatic heterocycles. The molecule has 8 aromatic carbocycles. The van der Waals surface area contributed by atoms with Crippen LogP contribution in [0.5, 0.6) is 0 Å². The van der Waals surface area contributed by atoms with Crippen molar-refractivity contribution in [2.75, 3.05) is 0 Å². The van der Waals surface area contributed by atoms with Gasteiger partial charge in [0.2, 0.25) is 0 Å². The lowest BCUT2D eigenvalue weighted by Gasteiger charge is -2.67. The van der Waals surface area contributed by atoms with Crippen molar-refractivity contribution in [1.29, 1.82) is 0 Å². The third-order valence-electron chi connectivity index (χ3n) is 14.3. The van der Waals surface area contributed by atoms with Crippen LogP contribution in [0.3, 0.4) is 0 Å². The quantitative estimate of drug-likeness (QED) is 0.107. The van der Waals surface area contributed by atoms with Crippen molar-refractivity contribution >= 4 is 74.1 Å². The van der Waals surface area contributed by atoms with Crippen molar-refractivity contribution in [3.63, 3.8) is 0 Å². The third kappa shape index (κ3) is 8.20. The second-order valence-electron chi connectivity index (χ2n) is 18.5. The molecule has 4 heteroatoms. The van der Waals surface area contributed by atoms with E-state index in [9.17, 15) is 0 Å². The van der Waals surface area contributed by atoms with E-state index >= 15 is 0 Å². The van der Waals surface area contributed by atoms with Crippen LogP contribution in [0.25, 0.3) is 0 Å². The van der Waals surface area contributed by atoms with E-state index in [-0.39, 0.29) is 9.79 Å². The summed E-state index contributed by atoms with van der Waals surface area (Å²) < 4.78 is 0. The summed E-state index contributed by atoms with van der Waals surface area (Å²) in [5, 5.41) is 12.3. The number of hydrogen-bond acceptors (Lipinski definition) is 0. The molecule has 0 spiro atoms. The van der Waals surface area contributed by atoms with E-state index in [1.165, 1.54) is 99.8 Å². The first-order valence-corrected chi connectivity index (χ1v) is 29.1. The molecule has 1 aliphatic carbocycles. The molecule has 0 atom stereocenters. The first kappa shape index (κ1) is 46.6. The lowest BCUT2D eigenvalue weighted by atomic mass is 9.97. The maximum atomic E-state index is 2.56. The first-order valence-electron chi connectivity index (χ1n) is 23.8. The average Bonchev–Trinajstić information content (AvgIpc) is 3.32. The summed E-state index contributed by atoms with van der Waals surface area (Å²) >= 11 is 0. The van der Waals surface area contributed by atoms with E-state index in [1.54, 1.807) is 0 Å². The van der Waals surface area contributed by atoms with Gasteiger partial charge in [0.15, 0.2) is 0 Å². The highest BCUT2D eigenvalue weighted by Crippen LogP contribution is 2.87. The summed E-state index contributed by atoms with van der Waals surface area (Å²) in [6, 6.07) is 76.9. The van der Waals surface area contributed by atoms with Gasteiger partial charge in [0.05, 0.1) is 0 Å². The Hall–Kier alpha value is -4.52. The van der Waals surface area contributed by atoms with Gasteiger partial charge in [-0.2, -0.15) is 0 Å². The van der Waals surface area contributed by atoms with Gasteiger partial charge in [-0.25, -0.2) is 0 Å². The number of rotatable bonds is 12. The molecule has 0 heterocycles. The van der Waals surface area contributed by atoms with Crippen LogP contribution in [0.15, 0.2) is 194 Å². The molecule has 8 aromatic rings. The van der Waals surface area contributed by atoms with Crippen LogP contribution in [0.4, 0.5) is 0 Å². The van der Waals surface area contributed by atoms with E-state index in [0.29, 0.717) is 0 Å². The van der Waals surface area contributed by atoms with Gasteiger partial charge in [-0.1, -0.05) is 207 Å². The molecule has 1 fully saturated rings. The number of aryl methyl sites for hydroxylation is 8. The van der Waals surface area contributed by atoms with Crippen LogP contribution >= 0.6 is 31.7 Å². The molecule has 0 aliphatic heterocycles. The zero-order valence-corrected chi connectivity index (χ0v) is 43.7. The normalized spacial score (nSPS) is 14.6. The number of hydrogen-bond donors (Lipinski definition) is 0. The van der Waals surface area contributed by atoms with Crippen molar-refractivity contribution in [3.8, 4) is 0 Å². The van der Waals surface area contributed by atoms with Gasteiger partial charge >= 0.3 is 0 Å². The van der Waals surface area contributed by atoms with Gasteiger partial charge in [0.1, 0.15) is 0 Å². The summed E-state index contributed by atoms with van der Waals surface area (Å²) in [7, 11) is -4.39. The van der Waals surface area contributed by atoms with Crippen LogP contribution in [-0.4, -0.2) is 9.79 Å². The van der Waals surface area contributed by atoms with Crippen molar-refractivity contribution < 1.29 is 0 Å². The minimum atomic E-state index is -1.10. The molecule has 66 heavy (non-hydrogen) atoms. The average molecular weight is 933 g/mol. The SMILES string of the molecule is Cc1ccccc1P(c1ccccc1C)C1(P(c2ccccc2C)c2ccccc2C)CCCCC1(P(c1ccccc1C)c1ccccc1C)P(c1ccccc1C)c1ccccc1C. The van der Waals surface area contributed by atoms with Gasteiger partial charge in [-0.15, -0.1) is 0 Å². The largest absolute Gasteiger partial charge is 0.0620 e. The molecule has 0 bridgehead atoms. The van der Waals surface area contributed by atoms with E-state index in [4.69, 9.17) is 0 Å². The highest BCUT2D eigenvalue weighted by Gasteiger charge is 2.69. The highest BCUT2D eigenvalue weighted by atomic mass is 31.2. The summed E-state index contributed by atoms with van der Waals surface area (Å²) in [6.45, 7) is 19.3. The molecular formula is C62H64P4. The van der Waals surface area contributed by atoms with E-state index in [0.717, 1.165) is 12.8 Å². The minimum absolute atomic E-state index is 0.279. The zero-order chi connectivity index (χ0) is 46.0. The van der Waals surface area contributed by atoms with Crippen LogP contribution in [0.2, 0.25) is 0 Å². The fraction of sp³-hybridized carbons (Fsp3) is 0.226. The minimum Gasteiger partial charge on any atom is -0.0620 e. The Kier molecular flexibility index (Phi) is 14.1. The predicted molar refractivity (Wildman–Crippen MR) is 298 cm³/mol. The van der Waals surface area contributed by atoms with Crippen molar-refractivity contribution in [2.24, 2.45) is 0 Å². The Labute approximate surface area is 401 Å². The molecular weight excluding hydrogens is 869 g/mol. The maximum Gasteiger partial charge on any atom is 0.0414 e. The van der Waals surface area contributed by atoms with E-state index in [2.05, 4.69) is 250 Å². The first-order chi connectivity index (χ1) is 32.1. The fourth-order valence-corrected chi connectivity index (χ4v) is 30.7. The Morgan fingerprint density at radius 2 is 0.364 bits per heavy atom. The topological polar surface area (TPSA) is 0 Å². The Morgan fingerprint density at radius 1 is 0.227 bits per heavy atom. The summed E-state index contributed by atoms with van der Waals surface area (Å²) in [6.07, 6.45) is 4.63. The molecule has 0 N–H and O–H groups in total. The van der Waals surface area contributed by atoms with Gasteiger partial charge < -0.3 is 0 Å². The van der Waals surface area contributed by atoms with Crippen molar-refractivity contribution in [3.05, 3.63) is 239 Å². The van der Waals surface area contributed by atoms with E-state index in [1.807, 2.05) is 0 Å². The van der Waals surface area contributed by atoms with Crippen LogP contribution < -0.4 is 42.4 Å². The lowest BCUT2D eigenvalue weighted by Crippen LogP contribution is -2.61. The number of benzene rings is 8. The van der Waals surface area contributed by atoms with Crippen molar-refractivity contribution in [2.45, 2.75) is 90.9 Å². The fourth-order valence-electron chi connectivity index (χ4n) is 11.1. The predicted octanol–water partition coefficient (Wildman–Crippen LogP) is 14.0. The second-order valence-corrected chi connectivity index (χ2v) is 28.8. The van der Waals surface area contributed by atoms with Gasteiger partial charge in [-0.05, 0) is 187 Å². The molecule has 0 unspecified atom stereocenters. The van der Waals surface area contributed by atoms with Crippen LogP contribution in [0, 0.1) is 55.4 Å². The van der Waals surface area contributed by atoms with Crippen LogP contribution in [0.1, 0.15) is 70.2 Å². The highest BCUT2D eigenvalue weighted by molar-refractivity contribution is 7.98. The Bertz CT molecular complexity index is 2410. The molecule has 1 aliphatic rings. The van der Waals surface area contributed by atoms with Crippen molar-refractivity contribution in [1.82, 2.24) is 0 Å². The Morgan fingerprint density at radius 3 is 0.500 bits per heavy atom.